The number of hydrogen-bond acceptors (Lipinski definition) is 5. The van der Waals surface area contributed by atoms with Crippen molar-refractivity contribution in [2.24, 2.45) is 0 Å². The van der Waals surface area contributed by atoms with Crippen LogP contribution in [0.15, 0.2) is 29.8 Å². The molecule has 0 atom stereocenters. The lowest BCUT2D eigenvalue weighted by Crippen LogP contribution is -2.32. The molecule has 0 saturated heterocycles. The van der Waals surface area contributed by atoms with Gasteiger partial charge in [-0.15, -0.1) is 10.2 Å². The van der Waals surface area contributed by atoms with Gasteiger partial charge >= 0.3 is 0 Å². The number of anilines is 1. The topological polar surface area (TPSA) is 58.1 Å². The Morgan fingerprint density at radius 3 is 3.00 bits per heavy atom. The van der Waals surface area contributed by atoms with Gasteiger partial charge in [0.25, 0.3) is 0 Å². The molecule has 1 heterocycles. The zero-order valence-electron chi connectivity index (χ0n) is 11.0. The molecule has 0 spiro atoms. The van der Waals surface area contributed by atoms with Gasteiger partial charge < -0.3 is 0 Å². The van der Waals surface area contributed by atoms with Crippen molar-refractivity contribution in [2.45, 2.75) is 13.5 Å². The van der Waals surface area contributed by atoms with Crippen LogP contribution in [0.3, 0.4) is 0 Å². The molecule has 0 aliphatic heterocycles. The van der Waals surface area contributed by atoms with Crippen LogP contribution in [0.2, 0.25) is 5.02 Å². The van der Waals surface area contributed by atoms with Crippen molar-refractivity contribution in [3.05, 3.63) is 40.4 Å². The molecule has 1 aromatic heterocycles. The van der Waals surface area contributed by atoms with Crippen LogP contribution in [-0.2, 0) is 11.3 Å². The highest BCUT2D eigenvalue weighted by Crippen LogP contribution is 2.13. The molecule has 0 radical (unpaired) electrons. The van der Waals surface area contributed by atoms with Crippen molar-refractivity contribution < 1.29 is 4.79 Å². The lowest BCUT2D eigenvalue weighted by molar-refractivity contribution is -0.117. The molecule has 0 saturated carbocycles. The molecule has 20 heavy (non-hydrogen) atoms. The van der Waals surface area contributed by atoms with Gasteiger partial charge in [0, 0.05) is 11.6 Å². The Labute approximate surface area is 126 Å². The third-order valence-electron chi connectivity index (χ3n) is 2.72. The average Bonchev–Trinajstić information content (AvgIpc) is 2.90. The Morgan fingerprint density at radius 1 is 1.50 bits per heavy atom. The number of rotatable bonds is 6. The summed E-state index contributed by atoms with van der Waals surface area (Å²) in [5, 5.41) is 11.4. The molecule has 2 aromatic rings. The van der Waals surface area contributed by atoms with E-state index >= 15 is 0 Å². The van der Waals surface area contributed by atoms with Crippen LogP contribution in [0.4, 0.5) is 5.13 Å². The first-order chi connectivity index (χ1) is 9.67. The average molecular weight is 311 g/mol. The smallest absolute Gasteiger partial charge is 0.240 e. The maximum absolute atomic E-state index is 11.9. The number of carbonyl (C=O) groups is 1. The molecule has 0 fully saturated rings. The Bertz CT molecular complexity index is 561. The predicted molar refractivity (Wildman–Crippen MR) is 80.9 cm³/mol. The second-order valence-corrected chi connectivity index (χ2v) is 5.49. The number of halogens is 1. The summed E-state index contributed by atoms with van der Waals surface area (Å²) in [6, 6.07) is 7.65. The summed E-state index contributed by atoms with van der Waals surface area (Å²) in [5.41, 5.74) is 2.67. The van der Waals surface area contributed by atoms with E-state index < -0.39 is 0 Å². The van der Waals surface area contributed by atoms with E-state index in [2.05, 4.69) is 15.5 Å². The summed E-state index contributed by atoms with van der Waals surface area (Å²) < 4.78 is 0. The van der Waals surface area contributed by atoms with Crippen molar-refractivity contribution in [3.63, 3.8) is 0 Å². The molecule has 1 aromatic carbocycles. The number of amides is 1. The van der Waals surface area contributed by atoms with Gasteiger partial charge in [-0.3, -0.25) is 15.0 Å². The van der Waals surface area contributed by atoms with Crippen LogP contribution < -0.4 is 5.32 Å². The number of nitrogens with one attached hydrogen (secondary N) is 1. The number of likely N-dealkylation sites (N-methyl/N-ethyl adjacent to an activating group) is 1. The molecule has 5 nitrogen and oxygen atoms in total. The fraction of sp³-hybridized carbons (Fsp3) is 0.308. The first kappa shape index (κ1) is 14.9. The third-order valence-corrected chi connectivity index (χ3v) is 3.56. The van der Waals surface area contributed by atoms with E-state index in [4.69, 9.17) is 11.6 Å². The minimum Gasteiger partial charge on any atom is -0.299 e. The van der Waals surface area contributed by atoms with E-state index in [0.717, 1.165) is 12.1 Å². The first-order valence-electron chi connectivity index (χ1n) is 6.20. The molecule has 2 rings (SSSR count). The third kappa shape index (κ3) is 4.56. The second kappa shape index (κ2) is 7.33. The van der Waals surface area contributed by atoms with E-state index in [1.54, 1.807) is 5.51 Å². The molecule has 106 valence electrons. The van der Waals surface area contributed by atoms with E-state index in [0.29, 0.717) is 23.2 Å². The molecule has 0 aliphatic carbocycles. The van der Waals surface area contributed by atoms with Crippen LogP contribution in [-0.4, -0.2) is 34.1 Å². The summed E-state index contributed by atoms with van der Waals surface area (Å²) in [5.74, 6) is -0.0920. The predicted octanol–water partition coefficient (Wildman–Crippen LogP) is 2.65. The van der Waals surface area contributed by atoms with E-state index in [1.807, 2.05) is 36.1 Å². The number of carbonyl (C=O) groups excluding carboxylic acids is 1. The van der Waals surface area contributed by atoms with Crippen LogP contribution in [0, 0.1) is 0 Å². The van der Waals surface area contributed by atoms with Crippen molar-refractivity contribution >= 4 is 34.0 Å². The van der Waals surface area contributed by atoms with Gasteiger partial charge in [-0.05, 0) is 24.2 Å². The highest BCUT2D eigenvalue weighted by Gasteiger charge is 2.11. The molecular weight excluding hydrogens is 296 g/mol. The van der Waals surface area contributed by atoms with Crippen LogP contribution >= 0.6 is 22.9 Å². The van der Waals surface area contributed by atoms with Gasteiger partial charge in [0.2, 0.25) is 11.0 Å². The monoisotopic (exact) mass is 310 g/mol. The van der Waals surface area contributed by atoms with Gasteiger partial charge in [0.05, 0.1) is 6.54 Å². The summed E-state index contributed by atoms with van der Waals surface area (Å²) in [7, 11) is 0. The van der Waals surface area contributed by atoms with Gasteiger partial charge in [0.15, 0.2) is 0 Å². The zero-order valence-corrected chi connectivity index (χ0v) is 12.6. The maximum Gasteiger partial charge on any atom is 0.240 e. The summed E-state index contributed by atoms with van der Waals surface area (Å²) >= 11 is 7.26. The lowest BCUT2D eigenvalue weighted by Gasteiger charge is -2.19. The van der Waals surface area contributed by atoms with Crippen molar-refractivity contribution in [1.82, 2.24) is 15.1 Å². The van der Waals surface area contributed by atoms with Crippen LogP contribution in [0.5, 0.6) is 0 Å². The molecule has 1 amide bonds. The van der Waals surface area contributed by atoms with E-state index in [9.17, 15) is 4.79 Å². The van der Waals surface area contributed by atoms with Gasteiger partial charge in [-0.25, -0.2) is 0 Å². The lowest BCUT2D eigenvalue weighted by atomic mass is 10.2. The van der Waals surface area contributed by atoms with Crippen LogP contribution in [0.1, 0.15) is 12.5 Å². The van der Waals surface area contributed by atoms with Gasteiger partial charge in [-0.2, -0.15) is 0 Å². The summed E-state index contributed by atoms with van der Waals surface area (Å²) in [4.78, 5) is 13.9. The zero-order chi connectivity index (χ0) is 14.4. The largest absolute Gasteiger partial charge is 0.299 e. The normalized spacial score (nSPS) is 10.8. The van der Waals surface area contributed by atoms with Crippen molar-refractivity contribution in [1.29, 1.82) is 0 Å². The highest BCUT2D eigenvalue weighted by molar-refractivity contribution is 7.13. The van der Waals surface area contributed by atoms with E-state index in [1.165, 1.54) is 11.3 Å². The SMILES string of the molecule is CCN(CC(=O)Nc1nncs1)Cc1cccc(Cl)c1. The maximum atomic E-state index is 11.9. The molecule has 1 N–H and O–H groups in total. The van der Waals surface area contributed by atoms with Crippen molar-refractivity contribution in [2.75, 3.05) is 18.4 Å². The molecule has 7 heteroatoms. The van der Waals surface area contributed by atoms with Crippen LogP contribution in [0.25, 0.3) is 0 Å². The second-order valence-electron chi connectivity index (χ2n) is 4.23. The molecule has 0 aliphatic rings. The quantitative estimate of drug-likeness (QED) is 0.891. The molecule has 0 bridgehead atoms. The first-order valence-corrected chi connectivity index (χ1v) is 7.46. The molecule has 0 unspecified atom stereocenters. The number of hydrogen-bond donors (Lipinski definition) is 1. The Balaban J connectivity index is 1.90. The minimum atomic E-state index is -0.0920. The fourth-order valence-electron chi connectivity index (χ4n) is 1.76. The summed E-state index contributed by atoms with van der Waals surface area (Å²) in [6.07, 6.45) is 0. The number of benzene rings is 1. The van der Waals surface area contributed by atoms with E-state index in [-0.39, 0.29) is 5.91 Å². The molecular formula is C13H15ClN4OS. The standard InChI is InChI=1S/C13H15ClN4OS/c1-2-18(7-10-4-3-5-11(14)6-10)8-12(19)16-13-17-15-9-20-13/h3-6,9H,2,7-8H2,1H3,(H,16,17,19). The fourth-order valence-corrected chi connectivity index (χ4v) is 2.44. The highest BCUT2D eigenvalue weighted by atomic mass is 35.5. The number of aromatic nitrogens is 2. The van der Waals surface area contributed by atoms with Gasteiger partial charge in [-0.1, -0.05) is 42.0 Å². The van der Waals surface area contributed by atoms with Crippen molar-refractivity contribution in [3.8, 4) is 0 Å². The van der Waals surface area contributed by atoms with Gasteiger partial charge in [0.1, 0.15) is 5.51 Å². The number of nitrogens with zero attached hydrogens (tertiary/aromatic N) is 3. The Morgan fingerprint density at radius 2 is 2.35 bits per heavy atom. The minimum absolute atomic E-state index is 0.0920. The summed E-state index contributed by atoms with van der Waals surface area (Å²) in [6.45, 7) is 3.78. The Hall–Kier alpha value is -1.50. The Kier molecular flexibility index (Phi) is 5.46.